The molecule has 0 aliphatic carbocycles. The van der Waals surface area contributed by atoms with Crippen LogP contribution in [0.15, 0.2) is 40.6 Å². The lowest BCUT2D eigenvalue weighted by Gasteiger charge is -2.07. The smallest absolute Gasteiger partial charge is 0.229 e. The Balaban J connectivity index is 2.18. The van der Waals surface area contributed by atoms with Gasteiger partial charge in [0.1, 0.15) is 5.82 Å². The first-order chi connectivity index (χ1) is 9.36. The number of hydrogen-bond donors (Lipinski definition) is 1. The van der Waals surface area contributed by atoms with Gasteiger partial charge in [0.25, 0.3) is 0 Å². The van der Waals surface area contributed by atoms with E-state index in [-0.39, 0.29) is 17.0 Å². The van der Waals surface area contributed by atoms with Gasteiger partial charge in [0.2, 0.25) is 5.91 Å². The lowest BCUT2D eigenvalue weighted by atomic mass is 10.2. The van der Waals surface area contributed by atoms with Gasteiger partial charge in [-0.15, -0.1) is 11.3 Å². The van der Waals surface area contributed by atoms with Gasteiger partial charge in [-0.05, 0) is 29.6 Å². The molecule has 7 heteroatoms. The van der Waals surface area contributed by atoms with Crippen molar-refractivity contribution in [1.29, 1.82) is 0 Å². The summed E-state index contributed by atoms with van der Waals surface area (Å²) < 4.78 is 36.4. The van der Waals surface area contributed by atoms with Crippen LogP contribution in [-0.4, -0.2) is 20.6 Å². The fraction of sp³-hybridized carbons (Fsp3) is 0.154. The van der Waals surface area contributed by atoms with Gasteiger partial charge in [-0.3, -0.25) is 4.79 Å². The molecule has 0 spiro atoms. The minimum Gasteiger partial charge on any atom is -0.323 e. The molecule has 0 aliphatic heterocycles. The van der Waals surface area contributed by atoms with E-state index in [9.17, 15) is 17.6 Å². The van der Waals surface area contributed by atoms with E-state index in [4.69, 9.17) is 0 Å². The predicted octanol–water partition coefficient (Wildman–Crippen LogP) is 2.47. The maximum absolute atomic E-state index is 13.6. The van der Waals surface area contributed by atoms with E-state index >= 15 is 0 Å². The number of carbonyl (C=O) groups excluding carboxylic acids is 1. The second kappa shape index (κ2) is 5.72. The average Bonchev–Trinajstić information content (AvgIpc) is 2.83. The molecule has 2 rings (SSSR count). The highest BCUT2D eigenvalue weighted by Crippen LogP contribution is 2.20. The Morgan fingerprint density at radius 1 is 1.35 bits per heavy atom. The zero-order valence-electron chi connectivity index (χ0n) is 10.6. The molecule has 1 amide bonds. The van der Waals surface area contributed by atoms with E-state index in [0.717, 1.165) is 23.3 Å². The van der Waals surface area contributed by atoms with Crippen LogP contribution < -0.4 is 5.32 Å². The van der Waals surface area contributed by atoms with Gasteiger partial charge >= 0.3 is 0 Å². The van der Waals surface area contributed by atoms with Gasteiger partial charge < -0.3 is 5.32 Å². The molecule has 1 aromatic heterocycles. The molecule has 0 saturated carbocycles. The van der Waals surface area contributed by atoms with Crippen molar-refractivity contribution in [3.05, 3.63) is 46.4 Å². The Morgan fingerprint density at radius 2 is 2.10 bits per heavy atom. The quantitative estimate of drug-likeness (QED) is 0.882. The molecule has 0 atom stereocenters. The zero-order valence-corrected chi connectivity index (χ0v) is 12.2. The van der Waals surface area contributed by atoms with Crippen molar-refractivity contribution in [2.75, 3.05) is 11.6 Å². The van der Waals surface area contributed by atoms with Gasteiger partial charge in [-0.1, -0.05) is 6.07 Å². The molecular formula is C13H12FNO3S2. The molecule has 2 aromatic rings. The topological polar surface area (TPSA) is 63.2 Å². The third-order valence-electron chi connectivity index (χ3n) is 2.55. The highest BCUT2D eigenvalue weighted by Gasteiger charge is 2.13. The maximum Gasteiger partial charge on any atom is 0.229 e. The third-order valence-corrected chi connectivity index (χ3v) is 4.54. The first-order valence-electron chi connectivity index (χ1n) is 5.68. The van der Waals surface area contributed by atoms with E-state index in [0.29, 0.717) is 0 Å². The van der Waals surface area contributed by atoms with Crippen molar-refractivity contribution in [3.63, 3.8) is 0 Å². The number of thiophene rings is 1. The Morgan fingerprint density at radius 3 is 2.70 bits per heavy atom. The molecule has 0 radical (unpaired) electrons. The highest BCUT2D eigenvalue weighted by molar-refractivity contribution is 7.90. The Bertz CT molecular complexity index is 724. The van der Waals surface area contributed by atoms with E-state index < -0.39 is 21.6 Å². The van der Waals surface area contributed by atoms with Crippen molar-refractivity contribution >= 4 is 32.8 Å². The third kappa shape index (κ3) is 3.64. The number of halogens is 1. The molecule has 0 aliphatic rings. The summed E-state index contributed by atoms with van der Waals surface area (Å²) in [4.78, 5) is 12.6. The first kappa shape index (κ1) is 14.7. The maximum atomic E-state index is 13.6. The number of nitrogens with one attached hydrogen (secondary N) is 1. The summed E-state index contributed by atoms with van der Waals surface area (Å²) in [5.41, 5.74) is -0.130. The molecule has 106 valence electrons. The summed E-state index contributed by atoms with van der Waals surface area (Å²) in [6.45, 7) is 0. The van der Waals surface area contributed by atoms with Crippen LogP contribution in [0, 0.1) is 5.82 Å². The summed E-state index contributed by atoms with van der Waals surface area (Å²) in [6.07, 6.45) is 1.15. The van der Waals surface area contributed by atoms with Crippen molar-refractivity contribution in [2.45, 2.75) is 11.3 Å². The Kier molecular flexibility index (Phi) is 4.20. The second-order valence-corrected chi connectivity index (χ2v) is 7.27. The highest BCUT2D eigenvalue weighted by atomic mass is 32.2. The van der Waals surface area contributed by atoms with Crippen LogP contribution in [0.25, 0.3) is 0 Å². The van der Waals surface area contributed by atoms with Crippen LogP contribution in [0.5, 0.6) is 0 Å². The van der Waals surface area contributed by atoms with Crippen LogP contribution in [0.4, 0.5) is 10.1 Å². The molecule has 1 heterocycles. The van der Waals surface area contributed by atoms with Crippen LogP contribution in [0.1, 0.15) is 4.88 Å². The second-order valence-electron chi connectivity index (χ2n) is 4.22. The Hall–Kier alpha value is -1.73. The molecule has 0 saturated heterocycles. The fourth-order valence-corrected chi connectivity index (χ4v) is 2.95. The van der Waals surface area contributed by atoms with Crippen LogP contribution >= 0.6 is 11.3 Å². The molecule has 0 bridgehead atoms. The van der Waals surface area contributed by atoms with Crippen molar-refractivity contribution in [1.82, 2.24) is 0 Å². The zero-order chi connectivity index (χ0) is 14.8. The number of hydrogen-bond acceptors (Lipinski definition) is 4. The van der Waals surface area contributed by atoms with Crippen molar-refractivity contribution in [3.8, 4) is 0 Å². The lowest BCUT2D eigenvalue weighted by Crippen LogP contribution is -2.15. The monoisotopic (exact) mass is 313 g/mol. The molecule has 0 unspecified atom stereocenters. The van der Waals surface area contributed by atoms with Gasteiger partial charge in [0.05, 0.1) is 17.0 Å². The van der Waals surface area contributed by atoms with Crippen molar-refractivity contribution in [2.24, 2.45) is 0 Å². The normalized spacial score (nSPS) is 11.3. The number of anilines is 1. The van der Waals surface area contributed by atoms with Gasteiger partial charge in [0.15, 0.2) is 9.84 Å². The summed E-state index contributed by atoms with van der Waals surface area (Å²) in [5, 5.41) is 4.23. The molecule has 0 fully saturated rings. The van der Waals surface area contributed by atoms with Gasteiger partial charge in [-0.2, -0.15) is 0 Å². The molecule has 1 aromatic carbocycles. The fourth-order valence-electron chi connectivity index (χ4n) is 1.60. The van der Waals surface area contributed by atoms with E-state index in [1.165, 1.54) is 17.4 Å². The summed E-state index contributed by atoms with van der Waals surface area (Å²) >= 11 is 1.42. The first-order valence-corrected chi connectivity index (χ1v) is 8.45. The van der Waals surface area contributed by atoms with E-state index in [1.54, 1.807) is 6.07 Å². The molecule has 20 heavy (non-hydrogen) atoms. The summed E-state index contributed by atoms with van der Waals surface area (Å²) in [7, 11) is -3.44. The summed E-state index contributed by atoms with van der Waals surface area (Å²) in [5.74, 6) is -1.06. The number of amides is 1. The average molecular weight is 313 g/mol. The largest absolute Gasteiger partial charge is 0.323 e. The Labute approximate surface area is 120 Å². The van der Waals surface area contributed by atoms with Crippen LogP contribution in [0.2, 0.25) is 0 Å². The van der Waals surface area contributed by atoms with Crippen LogP contribution in [0.3, 0.4) is 0 Å². The number of carbonyl (C=O) groups is 1. The van der Waals surface area contributed by atoms with Gasteiger partial charge in [0, 0.05) is 11.1 Å². The SMILES string of the molecule is CS(=O)(=O)c1ccc(F)c(NC(=O)Cc2cccs2)c1. The molecular weight excluding hydrogens is 301 g/mol. The molecule has 1 N–H and O–H groups in total. The minimum absolute atomic E-state index is 0.0367. The number of benzene rings is 1. The lowest BCUT2D eigenvalue weighted by molar-refractivity contribution is -0.115. The predicted molar refractivity (Wildman–Crippen MR) is 76.2 cm³/mol. The molecule has 4 nitrogen and oxygen atoms in total. The minimum atomic E-state index is -3.44. The standard InChI is InChI=1S/C13H12FNO3S2/c1-20(17,18)10-4-5-11(14)12(8-10)15-13(16)7-9-3-2-6-19-9/h2-6,8H,7H2,1H3,(H,15,16). The van der Waals surface area contributed by atoms with Gasteiger partial charge in [-0.25, -0.2) is 12.8 Å². The number of rotatable bonds is 4. The van der Waals surface area contributed by atoms with Crippen LogP contribution in [-0.2, 0) is 21.1 Å². The number of sulfone groups is 1. The van der Waals surface area contributed by atoms with Crippen molar-refractivity contribution < 1.29 is 17.6 Å². The van der Waals surface area contributed by atoms with E-state index in [1.807, 2.05) is 11.4 Å². The summed E-state index contributed by atoms with van der Waals surface area (Å²) in [6, 6.07) is 6.93. The van der Waals surface area contributed by atoms with E-state index in [2.05, 4.69) is 5.32 Å².